The van der Waals surface area contributed by atoms with E-state index < -0.39 is 139 Å². The van der Waals surface area contributed by atoms with Gasteiger partial charge >= 0.3 is 11.9 Å². The Morgan fingerprint density at radius 3 is 1.30 bits per heavy atom. The lowest BCUT2D eigenvalue weighted by Crippen LogP contribution is -2.61. The molecule has 0 aromatic heterocycles. The minimum atomic E-state index is -1.97. The molecule has 0 spiro atoms. The Kier molecular flexibility index (Phi) is 28.5. The van der Waals surface area contributed by atoms with E-state index in [1.807, 2.05) is 0 Å². The number of aromatic hydroxyl groups is 1. The van der Waals surface area contributed by atoms with Gasteiger partial charge in [-0.3, -0.25) is 52.9 Å². The zero-order chi connectivity index (χ0) is 61.8. The maximum Gasteiger partial charge on any atom is 0.328 e. The number of carboxylic acid groups (broad SMARTS) is 2. The first-order valence-electron chi connectivity index (χ1n) is 26.3. The Hall–Kier alpha value is -9.22. The normalized spacial score (nSPS) is 14.2. The molecule has 0 radical (unpaired) electrons. The molecule has 0 saturated heterocycles. The number of rotatable bonds is 36. The number of carbonyl (C=O) groups excluding carboxylic acids is 9. The summed E-state index contributed by atoms with van der Waals surface area (Å²) in [5, 5.41) is 68.5. The molecule has 3 aromatic carbocycles. The SMILES string of the molecule is CC(C)C[C@H](NC(=O)[C@H](Cc1ccccc1)NC(=O)[C@H](CC(=O)O)NC(=O)[C@H](Cc1ccc(O)cc1)NC(=O)[C@H](CO)NC(=O)[C@@H](N)CCC(N)=O)C(=O)N[C@@H](CCCN=C(N)N)C(=O)N[C@@H](Cc1ccccc1)C(=O)N[C@@H](CO)C(=O)O. The van der Waals surface area contributed by atoms with Gasteiger partial charge in [-0.05, 0) is 60.4 Å². The minimum Gasteiger partial charge on any atom is -0.508 e. The van der Waals surface area contributed by atoms with Gasteiger partial charge in [0.25, 0.3) is 0 Å². The summed E-state index contributed by atoms with van der Waals surface area (Å²) < 4.78 is 0. The molecular formula is C54H75N13O16. The zero-order valence-electron chi connectivity index (χ0n) is 45.8. The number of phenols is 1. The molecule has 0 unspecified atom stereocenters. The second-order valence-electron chi connectivity index (χ2n) is 19.7. The van der Waals surface area contributed by atoms with Crippen LogP contribution >= 0.6 is 0 Å². The summed E-state index contributed by atoms with van der Waals surface area (Å²) in [7, 11) is 0. The van der Waals surface area contributed by atoms with Crippen molar-refractivity contribution in [3.63, 3.8) is 0 Å². The van der Waals surface area contributed by atoms with Gasteiger partial charge in [-0.15, -0.1) is 0 Å². The highest BCUT2D eigenvalue weighted by Crippen LogP contribution is 2.14. The summed E-state index contributed by atoms with van der Waals surface area (Å²) in [5.74, 6) is -12.9. The number of hydrogen-bond acceptors (Lipinski definition) is 16. The average molecular weight is 1160 g/mol. The number of hydrogen-bond donors (Lipinski definition) is 17. The van der Waals surface area contributed by atoms with E-state index in [1.165, 1.54) is 24.3 Å². The Bertz CT molecular complexity index is 2710. The van der Waals surface area contributed by atoms with Crippen LogP contribution in [0.3, 0.4) is 0 Å². The van der Waals surface area contributed by atoms with Gasteiger partial charge in [0.1, 0.15) is 54.1 Å². The maximum atomic E-state index is 14.6. The van der Waals surface area contributed by atoms with E-state index in [4.69, 9.17) is 22.9 Å². The summed E-state index contributed by atoms with van der Waals surface area (Å²) in [6.45, 7) is 1.44. The molecule has 0 aliphatic heterocycles. The third-order valence-corrected chi connectivity index (χ3v) is 12.4. The number of aliphatic hydroxyl groups excluding tert-OH is 2. The van der Waals surface area contributed by atoms with Crippen LogP contribution < -0.4 is 65.5 Å². The molecule has 29 nitrogen and oxygen atoms in total. The second-order valence-corrected chi connectivity index (χ2v) is 19.7. The summed E-state index contributed by atoms with van der Waals surface area (Å²) in [4.78, 5) is 151. The third-order valence-electron chi connectivity index (χ3n) is 12.4. The number of nitrogens with zero attached hydrogens (tertiary/aromatic N) is 1. The van der Waals surface area contributed by atoms with Crippen LogP contribution in [0.25, 0.3) is 0 Å². The Labute approximate surface area is 477 Å². The van der Waals surface area contributed by atoms with Crippen LogP contribution in [0.2, 0.25) is 0 Å². The van der Waals surface area contributed by atoms with Gasteiger partial charge in [0.05, 0.1) is 25.7 Å². The predicted octanol–water partition coefficient (Wildman–Crippen LogP) is -4.47. The van der Waals surface area contributed by atoms with Crippen LogP contribution in [-0.2, 0) is 72.0 Å². The summed E-state index contributed by atoms with van der Waals surface area (Å²) in [6.07, 6.45) is -2.52. The highest BCUT2D eigenvalue weighted by Gasteiger charge is 2.36. The van der Waals surface area contributed by atoms with Gasteiger partial charge < -0.3 is 91.0 Å². The van der Waals surface area contributed by atoms with Gasteiger partial charge in [-0.2, -0.15) is 0 Å². The van der Waals surface area contributed by atoms with E-state index in [0.29, 0.717) is 16.7 Å². The standard InChI is InChI=1S/C54H75N13O16/c1-29(2)22-36(47(76)60-35(14-9-21-59-54(57)58)46(75)62-38(24-31-12-7-4-8-13-31)50(79)67-42(28-69)53(82)83)61-48(77)37(23-30-10-5-3-6-11-30)63-51(80)40(26-44(72)73)65-49(78)39(25-32-15-17-33(70)18-16-32)64-52(81)41(27-68)66-45(74)34(55)19-20-43(56)71/h3-8,10-13,15-18,29,34-42,68-70H,9,14,19-28,55H2,1-2H3,(H2,56,71)(H,60,76)(H,61,77)(H,62,75)(H,63,80)(H,64,81)(H,65,78)(H,66,74)(H,67,79)(H,72,73)(H,82,83)(H4,57,58,59)/t34-,35-,36-,37-,38-,39-,40-,41-,42-/m0/s1. The number of aliphatic imine (C=N–C) groups is 1. The van der Waals surface area contributed by atoms with Crippen molar-refractivity contribution in [2.75, 3.05) is 19.8 Å². The van der Waals surface area contributed by atoms with Gasteiger partial charge in [-0.25, -0.2) is 4.79 Å². The van der Waals surface area contributed by atoms with Crippen LogP contribution in [0.1, 0.15) is 69.1 Å². The van der Waals surface area contributed by atoms with Crippen LogP contribution in [0.15, 0.2) is 89.9 Å². The maximum absolute atomic E-state index is 14.6. The summed E-state index contributed by atoms with van der Waals surface area (Å²) in [5.41, 5.74) is 23.3. The number of phenolic OH excluding ortho intramolecular Hbond substituents is 1. The fourth-order valence-electron chi connectivity index (χ4n) is 8.05. The van der Waals surface area contributed by atoms with E-state index in [-0.39, 0.29) is 75.5 Å². The molecule has 0 aliphatic carbocycles. The third kappa shape index (κ3) is 25.0. The van der Waals surface area contributed by atoms with Gasteiger partial charge in [0.15, 0.2) is 5.96 Å². The molecule has 0 fully saturated rings. The monoisotopic (exact) mass is 1160 g/mol. The molecule has 83 heavy (non-hydrogen) atoms. The molecule has 0 saturated carbocycles. The molecule has 452 valence electrons. The fraction of sp³-hybridized carbons (Fsp3) is 0.444. The molecular weight excluding hydrogens is 1090 g/mol. The van der Waals surface area contributed by atoms with Gasteiger partial charge in [0, 0.05) is 32.2 Å². The van der Waals surface area contributed by atoms with Gasteiger partial charge in [0.2, 0.25) is 53.2 Å². The molecule has 29 heteroatoms. The number of amides is 9. The lowest BCUT2D eigenvalue weighted by Gasteiger charge is -2.28. The largest absolute Gasteiger partial charge is 0.508 e. The van der Waals surface area contributed by atoms with Crippen LogP contribution in [0.4, 0.5) is 0 Å². The Morgan fingerprint density at radius 1 is 0.482 bits per heavy atom. The van der Waals surface area contributed by atoms with Gasteiger partial charge in [-0.1, -0.05) is 86.6 Å². The van der Waals surface area contributed by atoms with Crippen molar-refractivity contribution >= 4 is 71.1 Å². The number of primary amides is 1. The number of benzene rings is 3. The molecule has 0 heterocycles. The predicted molar refractivity (Wildman–Crippen MR) is 297 cm³/mol. The van der Waals surface area contributed by atoms with E-state index in [2.05, 4.69) is 47.5 Å². The van der Waals surface area contributed by atoms with Crippen molar-refractivity contribution in [1.82, 2.24) is 42.5 Å². The second kappa shape index (κ2) is 34.8. The van der Waals surface area contributed by atoms with E-state index in [0.717, 1.165) is 0 Å². The Balaban J connectivity index is 1.99. The number of aliphatic hydroxyl groups is 2. The number of carboxylic acids is 2. The molecule has 21 N–H and O–H groups in total. The topological polar surface area (TPSA) is 502 Å². The van der Waals surface area contributed by atoms with E-state index in [1.54, 1.807) is 74.5 Å². The Morgan fingerprint density at radius 2 is 0.867 bits per heavy atom. The molecule has 9 atom stereocenters. The highest BCUT2D eigenvalue weighted by atomic mass is 16.4. The summed E-state index contributed by atoms with van der Waals surface area (Å²) in [6, 6.07) is 7.38. The van der Waals surface area contributed by atoms with Crippen molar-refractivity contribution in [1.29, 1.82) is 0 Å². The first kappa shape index (κ1) is 68.1. The molecule has 0 aliphatic rings. The smallest absolute Gasteiger partial charge is 0.328 e. The molecule has 3 aromatic rings. The number of nitrogens with two attached hydrogens (primary N) is 4. The quantitative estimate of drug-likeness (QED) is 0.0148. The first-order chi connectivity index (χ1) is 39.3. The number of aliphatic carboxylic acids is 2. The van der Waals surface area contributed by atoms with E-state index in [9.17, 15) is 78.3 Å². The molecule has 9 amide bonds. The fourth-order valence-corrected chi connectivity index (χ4v) is 8.05. The highest BCUT2D eigenvalue weighted by molar-refractivity contribution is 5.99. The number of carbonyl (C=O) groups is 11. The summed E-state index contributed by atoms with van der Waals surface area (Å²) >= 11 is 0. The van der Waals surface area contributed by atoms with Crippen molar-refractivity contribution in [3.05, 3.63) is 102 Å². The lowest BCUT2D eigenvalue weighted by molar-refractivity contribution is -0.143. The molecule has 0 bridgehead atoms. The number of guanidine groups is 1. The van der Waals surface area contributed by atoms with E-state index >= 15 is 0 Å². The van der Waals surface area contributed by atoms with Crippen LogP contribution in [-0.4, -0.2) is 171 Å². The number of nitrogens with one attached hydrogen (secondary N) is 8. The zero-order valence-corrected chi connectivity index (χ0v) is 45.8. The van der Waals surface area contributed by atoms with Crippen molar-refractivity contribution < 1.29 is 78.3 Å². The first-order valence-corrected chi connectivity index (χ1v) is 26.3. The van der Waals surface area contributed by atoms with Crippen LogP contribution in [0, 0.1) is 5.92 Å². The van der Waals surface area contributed by atoms with Crippen molar-refractivity contribution in [3.8, 4) is 5.75 Å². The lowest BCUT2D eigenvalue weighted by atomic mass is 9.99. The van der Waals surface area contributed by atoms with Crippen LogP contribution in [0.5, 0.6) is 5.75 Å². The van der Waals surface area contributed by atoms with Crippen molar-refractivity contribution in [2.45, 2.75) is 126 Å². The van der Waals surface area contributed by atoms with Crippen molar-refractivity contribution in [2.24, 2.45) is 33.8 Å². The molecule has 3 rings (SSSR count). The minimum absolute atomic E-state index is 0.0159. The average Bonchev–Trinajstić information content (AvgIpc) is 3.63.